The van der Waals surface area contributed by atoms with E-state index in [1.165, 1.54) is 19.1 Å². The van der Waals surface area contributed by atoms with Crippen LogP contribution >= 0.6 is 0 Å². The van der Waals surface area contributed by atoms with E-state index in [1.807, 2.05) is 52.0 Å². The third-order valence-electron chi connectivity index (χ3n) is 13.5. The van der Waals surface area contributed by atoms with Gasteiger partial charge in [-0.05, 0) is 44.4 Å². The van der Waals surface area contributed by atoms with Crippen molar-refractivity contribution in [1.29, 1.82) is 0 Å². The predicted molar refractivity (Wildman–Crippen MR) is 215 cm³/mol. The Balaban J connectivity index is 2.00. The summed E-state index contributed by atoms with van der Waals surface area (Å²) in [6.07, 6.45) is 7.23. The molecule has 3 rings (SSSR count). The number of Topliss-reactive ketones (excluding diaryl/α,β-unsaturated/α-hetero) is 2. The molecule has 5 N–H and O–H groups in total. The minimum atomic E-state index is -1.32. The minimum Gasteiger partial charge on any atom is -0.458 e. The maximum atomic E-state index is 13.5. The standard InChI is InChI=1S/C45H74O11/c1-12-34-17-15-13-14-16-25(3)39(49)29(7)41(51)31(9)43(53)32(10)42(52)30(8)40(50)26(4)18-19-38(48)54-44-28(6)37(23-35(34)47)56-45(33(44)11)21-20-24(2)36(55-45)22-27(5)46/h13-15,17-19,24-37,39-40,43-44,46-47,49-50,53H,12,16,20-23H2,1-11H3/b14-13+,17-15+,19-18+/t24-,25+,26-,27+,28+,29-,30-,31+,32-,33-,34-,35+,36-,37-,39-,40+,43-,44+,45+/m0/s1. The van der Waals surface area contributed by atoms with Crippen molar-refractivity contribution in [3.63, 3.8) is 0 Å². The normalized spacial score (nSPS) is 46.8. The molecule has 3 aliphatic heterocycles. The van der Waals surface area contributed by atoms with Gasteiger partial charge in [0.15, 0.2) is 5.79 Å². The number of rotatable bonds is 3. The van der Waals surface area contributed by atoms with Crippen LogP contribution < -0.4 is 0 Å². The lowest BCUT2D eigenvalue weighted by Crippen LogP contribution is -2.62. The summed E-state index contributed by atoms with van der Waals surface area (Å²) in [6, 6.07) is 0. The van der Waals surface area contributed by atoms with Crippen LogP contribution in [0.5, 0.6) is 0 Å². The first-order valence-electron chi connectivity index (χ1n) is 21.2. The molecule has 11 heteroatoms. The summed E-state index contributed by atoms with van der Waals surface area (Å²) >= 11 is 0. The SMILES string of the molecule is CC[C@H]1/C=C/C=C/C[C@@H](C)[C@H](O)[C@H](C)C(=O)[C@@H](C)[C@H](O)[C@@H](C)C(=O)[C@@H](C)[C@H](O)[C@@H](C)/C=C/C(=O)O[C@@H]2[C@H](C)[C@H](C[C@H]1O)O[C@]1(CC[C@H](C)[C@H](C[C@@H](C)O)O1)[C@H]2C. The Labute approximate surface area is 336 Å². The van der Waals surface area contributed by atoms with Crippen LogP contribution in [0.3, 0.4) is 0 Å². The highest BCUT2D eigenvalue weighted by Gasteiger charge is 2.56. The Hall–Kier alpha value is -2.25. The molecular weight excluding hydrogens is 716 g/mol. The monoisotopic (exact) mass is 791 g/mol. The third kappa shape index (κ3) is 11.7. The highest BCUT2D eigenvalue weighted by molar-refractivity contribution is 5.87. The second-order valence-corrected chi connectivity index (χ2v) is 17.8. The number of carbonyl (C=O) groups is 3. The molecule has 0 aliphatic carbocycles. The number of hydrogen-bond donors (Lipinski definition) is 5. The number of carbonyl (C=O) groups excluding carboxylic acids is 3. The maximum Gasteiger partial charge on any atom is 0.330 e. The van der Waals surface area contributed by atoms with Gasteiger partial charge in [0.2, 0.25) is 0 Å². The van der Waals surface area contributed by atoms with Crippen LogP contribution in [-0.4, -0.2) is 97.7 Å². The molecule has 0 saturated carbocycles. The molecule has 11 nitrogen and oxygen atoms in total. The Morgan fingerprint density at radius 1 is 0.786 bits per heavy atom. The van der Waals surface area contributed by atoms with Crippen LogP contribution in [0.2, 0.25) is 0 Å². The second kappa shape index (κ2) is 21.1. The fourth-order valence-corrected chi connectivity index (χ4v) is 9.01. The Bertz CT molecular complexity index is 1380. The molecule has 2 saturated heterocycles. The van der Waals surface area contributed by atoms with Gasteiger partial charge in [0.1, 0.15) is 17.7 Å². The average Bonchev–Trinajstić information content (AvgIpc) is 3.16. The first kappa shape index (κ1) is 48.1. The van der Waals surface area contributed by atoms with E-state index in [0.29, 0.717) is 25.7 Å². The van der Waals surface area contributed by atoms with Crippen molar-refractivity contribution < 1.29 is 54.1 Å². The van der Waals surface area contributed by atoms with Gasteiger partial charge in [-0.2, -0.15) is 0 Å². The first-order chi connectivity index (χ1) is 26.2. The minimum absolute atomic E-state index is 0.179. The molecule has 0 radical (unpaired) electrons. The van der Waals surface area contributed by atoms with Gasteiger partial charge in [0.25, 0.3) is 0 Å². The van der Waals surface area contributed by atoms with Crippen LogP contribution in [0.15, 0.2) is 36.5 Å². The summed E-state index contributed by atoms with van der Waals surface area (Å²) in [5.74, 6) is -7.77. The lowest BCUT2D eigenvalue weighted by molar-refractivity contribution is -0.372. The molecular formula is C45H74O11. The molecule has 3 aliphatic rings. The highest BCUT2D eigenvalue weighted by atomic mass is 16.7. The molecule has 320 valence electrons. The van der Waals surface area contributed by atoms with Crippen LogP contribution in [-0.2, 0) is 28.6 Å². The Kier molecular flexibility index (Phi) is 18.2. The van der Waals surface area contributed by atoms with Crippen LogP contribution in [0.25, 0.3) is 0 Å². The molecule has 0 unspecified atom stereocenters. The fraction of sp³-hybridized carbons (Fsp3) is 0.800. The van der Waals surface area contributed by atoms with Crippen molar-refractivity contribution in [3.8, 4) is 0 Å². The zero-order chi connectivity index (χ0) is 42.2. The number of aliphatic hydroxyl groups excluding tert-OH is 5. The topological polar surface area (TPSA) is 180 Å². The molecule has 19 atom stereocenters. The van der Waals surface area contributed by atoms with E-state index in [0.717, 1.165) is 6.42 Å². The molecule has 2 bridgehead atoms. The smallest absolute Gasteiger partial charge is 0.330 e. The molecule has 3 heterocycles. The van der Waals surface area contributed by atoms with Crippen molar-refractivity contribution in [1.82, 2.24) is 0 Å². The van der Waals surface area contributed by atoms with Crippen molar-refractivity contribution in [3.05, 3.63) is 36.5 Å². The van der Waals surface area contributed by atoms with Gasteiger partial charge in [0, 0.05) is 66.3 Å². The molecule has 2 fully saturated rings. The molecule has 0 aromatic heterocycles. The summed E-state index contributed by atoms with van der Waals surface area (Å²) in [7, 11) is 0. The van der Waals surface area contributed by atoms with Crippen molar-refractivity contribution in [2.45, 2.75) is 169 Å². The Morgan fingerprint density at radius 3 is 1.96 bits per heavy atom. The molecule has 1 spiro atoms. The predicted octanol–water partition coefficient (Wildman–Crippen LogP) is 5.74. The van der Waals surface area contributed by atoms with Crippen LogP contribution in [0.1, 0.15) is 115 Å². The number of hydrogen-bond acceptors (Lipinski definition) is 11. The molecule has 0 aromatic carbocycles. The summed E-state index contributed by atoms with van der Waals surface area (Å²) in [4.78, 5) is 40.5. The van der Waals surface area contributed by atoms with Gasteiger partial charge >= 0.3 is 5.97 Å². The third-order valence-corrected chi connectivity index (χ3v) is 13.5. The van der Waals surface area contributed by atoms with Gasteiger partial charge in [-0.3, -0.25) is 9.59 Å². The van der Waals surface area contributed by atoms with Crippen molar-refractivity contribution in [2.75, 3.05) is 0 Å². The Morgan fingerprint density at radius 2 is 1.38 bits per heavy atom. The van der Waals surface area contributed by atoms with Crippen molar-refractivity contribution in [2.24, 2.45) is 59.2 Å². The highest BCUT2D eigenvalue weighted by Crippen LogP contribution is 2.49. The summed E-state index contributed by atoms with van der Waals surface area (Å²) in [5.41, 5.74) is 0. The van der Waals surface area contributed by atoms with Crippen LogP contribution in [0.4, 0.5) is 0 Å². The number of esters is 1. The van der Waals surface area contributed by atoms with E-state index in [4.69, 9.17) is 14.2 Å². The lowest BCUT2D eigenvalue weighted by Gasteiger charge is -2.55. The number of ether oxygens (including phenoxy) is 3. The van der Waals surface area contributed by atoms with Gasteiger partial charge in [-0.15, -0.1) is 0 Å². The van der Waals surface area contributed by atoms with Gasteiger partial charge in [-0.25, -0.2) is 4.79 Å². The zero-order valence-electron chi connectivity index (χ0n) is 35.8. The van der Waals surface area contributed by atoms with Gasteiger partial charge in [-0.1, -0.05) is 99.6 Å². The zero-order valence-corrected chi connectivity index (χ0v) is 35.8. The molecule has 0 aromatic rings. The number of aliphatic hydroxyl groups is 5. The van der Waals surface area contributed by atoms with Gasteiger partial charge < -0.3 is 39.7 Å². The van der Waals surface area contributed by atoms with E-state index in [1.54, 1.807) is 34.6 Å². The largest absolute Gasteiger partial charge is 0.458 e. The molecule has 0 amide bonds. The number of fused-ring (bicyclic) bond motifs is 2. The van der Waals surface area contributed by atoms with E-state index in [9.17, 15) is 39.9 Å². The van der Waals surface area contributed by atoms with E-state index < -0.39 is 95.8 Å². The summed E-state index contributed by atoms with van der Waals surface area (Å²) < 4.78 is 19.8. The van der Waals surface area contributed by atoms with Gasteiger partial charge in [0.05, 0.1) is 42.7 Å². The number of allylic oxidation sites excluding steroid dienone is 3. The van der Waals surface area contributed by atoms with E-state index in [2.05, 4.69) is 6.92 Å². The summed E-state index contributed by atoms with van der Waals surface area (Å²) in [5, 5.41) is 55.4. The average molecular weight is 791 g/mol. The second-order valence-electron chi connectivity index (χ2n) is 17.8. The maximum absolute atomic E-state index is 13.5. The number of ketones is 2. The first-order valence-corrected chi connectivity index (χ1v) is 21.2. The van der Waals surface area contributed by atoms with E-state index in [-0.39, 0.29) is 42.0 Å². The quantitative estimate of drug-likeness (QED) is 0.220. The van der Waals surface area contributed by atoms with Crippen molar-refractivity contribution >= 4 is 17.5 Å². The van der Waals surface area contributed by atoms with E-state index >= 15 is 0 Å². The molecule has 56 heavy (non-hydrogen) atoms. The summed E-state index contributed by atoms with van der Waals surface area (Å²) in [6.45, 7) is 19.6. The lowest BCUT2D eigenvalue weighted by atomic mass is 9.74. The fourth-order valence-electron chi connectivity index (χ4n) is 9.01. The van der Waals surface area contributed by atoms with Crippen LogP contribution in [0, 0.1) is 59.2 Å².